The fourth-order valence-electron chi connectivity index (χ4n) is 2.34. The lowest BCUT2D eigenvalue weighted by atomic mass is 10.1. The predicted molar refractivity (Wildman–Crippen MR) is 87.7 cm³/mol. The Morgan fingerprint density at radius 3 is 2.16 bits per heavy atom. The maximum Gasteiger partial charge on any atom is 0.387 e. The molecule has 0 unspecified atom stereocenters. The number of furan rings is 1. The molecule has 0 aliphatic heterocycles. The monoisotopic (exact) mass is 352 g/mol. The van der Waals surface area contributed by atoms with Gasteiger partial charge in [-0.1, -0.05) is 6.08 Å². The SMILES string of the molecule is COc1cc(/C=C/C(=O)c2cc(C)oc2C)cc(OC)c1OC(F)F. The van der Waals surface area contributed by atoms with Crippen LogP contribution in [0.4, 0.5) is 8.78 Å². The van der Waals surface area contributed by atoms with Crippen LogP contribution < -0.4 is 14.2 Å². The zero-order chi connectivity index (χ0) is 18.6. The van der Waals surface area contributed by atoms with Gasteiger partial charge in [-0.3, -0.25) is 4.79 Å². The maximum atomic E-state index is 12.5. The highest BCUT2D eigenvalue weighted by Gasteiger charge is 2.18. The minimum atomic E-state index is -3.02. The molecule has 0 N–H and O–H groups in total. The number of methoxy groups -OCH3 is 2. The van der Waals surface area contributed by atoms with Crippen molar-refractivity contribution < 1.29 is 32.2 Å². The largest absolute Gasteiger partial charge is 0.493 e. The first-order chi connectivity index (χ1) is 11.8. The van der Waals surface area contributed by atoms with E-state index >= 15 is 0 Å². The topological polar surface area (TPSA) is 57.9 Å². The van der Waals surface area contributed by atoms with Gasteiger partial charge in [-0.05, 0) is 43.7 Å². The summed E-state index contributed by atoms with van der Waals surface area (Å²) in [4.78, 5) is 12.2. The zero-order valence-corrected chi connectivity index (χ0v) is 14.3. The van der Waals surface area contributed by atoms with E-state index in [1.54, 1.807) is 19.9 Å². The molecule has 1 aromatic heterocycles. The predicted octanol–water partition coefficient (Wildman–Crippen LogP) is 4.41. The fourth-order valence-corrected chi connectivity index (χ4v) is 2.34. The number of allylic oxidation sites excluding steroid dienone is 1. The summed E-state index contributed by atoms with van der Waals surface area (Å²) in [6.45, 7) is 0.444. The highest BCUT2D eigenvalue weighted by molar-refractivity contribution is 6.07. The van der Waals surface area contributed by atoms with Gasteiger partial charge in [0, 0.05) is 0 Å². The smallest absolute Gasteiger partial charge is 0.387 e. The van der Waals surface area contributed by atoms with E-state index in [4.69, 9.17) is 13.9 Å². The van der Waals surface area contributed by atoms with Crippen molar-refractivity contribution >= 4 is 11.9 Å². The lowest BCUT2D eigenvalue weighted by Gasteiger charge is -2.14. The molecule has 134 valence electrons. The molecule has 25 heavy (non-hydrogen) atoms. The summed E-state index contributed by atoms with van der Waals surface area (Å²) in [5.41, 5.74) is 0.992. The third kappa shape index (κ3) is 4.37. The summed E-state index contributed by atoms with van der Waals surface area (Å²) >= 11 is 0. The molecule has 0 saturated heterocycles. The maximum absolute atomic E-state index is 12.5. The van der Waals surface area contributed by atoms with E-state index in [2.05, 4.69) is 4.74 Å². The van der Waals surface area contributed by atoms with Gasteiger partial charge in [0.05, 0.1) is 19.8 Å². The number of alkyl halides is 2. The second-order valence-electron chi connectivity index (χ2n) is 5.16. The molecule has 0 aliphatic rings. The third-order valence-corrected chi connectivity index (χ3v) is 3.42. The van der Waals surface area contributed by atoms with Crippen LogP contribution >= 0.6 is 0 Å². The van der Waals surface area contributed by atoms with Gasteiger partial charge in [0.1, 0.15) is 11.5 Å². The van der Waals surface area contributed by atoms with Crippen molar-refractivity contribution in [3.05, 3.63) is 46.9 Å². The van der Waals surface area contributed by atoms with Crippen molar-refractivity contribution in [3.8, 4) is 17.2 Å². The molecule has 0 aliphatic carbocycles. The Morgan fingerprint density at radius 1 is 1.12 bits per heavy atom. The lowest BCUT2D eigenvalue weighted by Crippen LogP contribution is -2.05. The van der Waals surface area contributed by atoms with Gasteiger partial charge in [-0.25, -0.2) is 0 Å². The molecule has 0 fully saturated rings. The van der Waals surface area contributed by atoms with E-state index in [9.17, 15) is 13.6 Å². The number of halogens is 2. The molecular formula is C18H18F2O5. The highest BCUT2D eigenvalue weighted by atomic mass is 19.3. The van der Waals surface area contributed by atoms with Crippen LogP contribution in [0, 0.1) is 13.8 Å². The molecule has 0 spiro atoms. The Hall–Kier alpha value is -2.83. The molecule has 1 aromatic carbocycles. The van der Waals surface area contributed by atoms with Crippen molar-refractivity contribution in [2.45, 2.75) is 20.5 Å². The van der Waals surface area contributed by atoms with Crippen molar-refractivity contribution in [2.24, 2.45) is 0 Å². The average molecular weight is 352 g/mol. The number of carbonyl (C=O) groups is 1. The van der Waals surface area contributed by atoms with Crippen LogP contribution in [-0.2, 0) is 0 Å². The number of hydrogen-bond donors (Lipinski definition) is 0. The number of aryl methyl sites for hydroxylation is 2. The number of ether oxygens (including phenoxy) is 3. The minimum absolute atomic E-state index is 0.0714. The highest BCUT2D eigenvalue weighted by Crippen LogP contribution is 2.39. The quantitative estimate of drug-likeness (QED) is 0.546. The second-order valence-corrected chi connectivity index (χ2v) is 5.16. The van der Waals surface area contributed by atoms with E-state index in [0.717, 1.165) is 0 Å². The number of hydrogen-bond acceptors (Lipinski definition) is 5. The van der Waals surface area contributed by atoms with E-state index in [-0.39, 0.29) is 23.0 Å². The molecule has 0 saturated carbocycles. The molecule has 7 heteroatoms. The number of carbonyl (C=O) groups excluding carboxylic acids is 1. The summed E-state index contributed by atoms with van der Waals surface area (Å²) in [7, 11) is 2.65. The first kappa shape index (κ1) is 18.5. The Morgan fingerprint density at radius 2 is 1.72 bits per heavy atom. The summed E-state index contributed by atoms with van der Waals surface area (Å²) in [6, 6.07) is 4.59. The van der Waals surface area contributed by atoms with Crippen LogP contribution in [0.25, 0.3) is 6.08 Å². The molecule has 5 nitrogen and oxygen atoms in total. The summed E-state index contributed by atoms with van der Waals surface area (Å²) < 4.78 is 45.0. The van der Waals surface area contributed by atoms with Gasteiger partial charge in [0.15, 0.2) is 17.3 Å². The Labute approximate surface area is 143 Å². The molecule has 0 radical (unpaired) electrons. The first-order valence-electron chi connectivity index (χ1n) is 7.36. The van der Waals surface area contributed by atoms with E-state index < -0.39 is 6.61 Å². The van der Waals surface area contributed by atoms with Crippen LogP contribution in [0.2, 0.25) is 0 Å². The van der Waals surface area contributed by atoms with Crippen LogP contribution in [0.15, 0.2) is 28.7 Å². The Bertz CT molecular complexity index is 768. The average Bonchev–Trinajstić information content (AvgIpc) is 2.91. The van der Waals surface area contributed by atoms with Gasteiger partial charge in [-0.15, -0.1) is 0 Å². The summed E-state index contributed by atoms with van der Waals surface area (Å²) in [6.07, 6.45) is 2.89. The van der Waals surface area contributed by atoms with Gasteiger partial charge < -0.3 is 18.6 Å². The molecule has 1 heterocycles. The van der Waals surface area contributed by atoms with Gasteiger partial charge >= 0.3 is 6.61 Å². The first-order valence-corrected chi connectivity index (χ1v) is 7.36. The summed E-state index contributed by atoms with van der Waals surface area (Å²) in [5, 5.41) is 0. The Kier molecular flexibility index (Phi) is 5.80. The van der Waals surface area contributed by atoms with Crippen molar-refractivity contribution in [1.82, 2.24) is 0 Å². The van der Waals surface area contributed by atoms with Crippen LogP contribution in [0.3, 0.4) is 0 Å². The Balaban J connectivity index is 2.33. The van der Waals surface area contributed by atoms with Crippen LogP contribution in [-0.4, -0.2) is 26.6 Å². The number of benzene rings is 1. The van der Waals surface area contributed by atoms with Crippen molar-refractivity contribution in [1.29, 1.82) is 0 Å². The third-order valence-electron chi connectivity index (χ3n) is 3.42. The fraction of sp³-hybridized carbons (Fsp3) is 0.278. The normalized spacial score (nSPS) is 11.2. The van der Waals surface area contributed by atoms with E-state index in [1.165, 1.54) is 38.5 Å². The van der Waals surface area contributed by atoms with Crippen LogP contribution in [0.1, 0.15) is 27.4 Å². The lowest BCUT2D eigenvalue weighted by molar-refractivity contribution is -0.0526. The van der Waals surface area contributed by atoms with Gasteiger partial charge in [-0.2, -0.15) is 8.78 Å². The molecule has 0 amide bonds. The number of ketones is 1. The minimum Gasteiger partial charge on any atom is -0.493 e. The van der Waals surface area contributed by atoms with Crippen molar-refractivity contribution in [2.75, 3.05) is 14.2 Å². The van der Waals surface area contributed by atoms with Crippen LogP contribution in [0.5, 0.6) is 17.2 Å². The molecule has 2 rings (SSSR count). The second kappa shape index (κ2) is 7.83. The zero-order valence-electron chi connectivity index (χ0n) is 14.3. The number of rotatable bonds is 7. The molecular weight excluding hydrogens is 334 g/mol. The van der Waals surface area contributed by atoms with E-state index in [0.29, 0.717) is 22.6 Å². The van der Waals surface area contributed by atoms with Gasteiger partial charge in [0.25, 0.3) is 0 Å². The van der Waals surface area contributed by atoms with E-state index in [1.807, 2.05) is 0 Å². The summed E-state index contributed by atoms with van der Waals surface area (Å²) in [5.74, 6) is 0.878. The van der Waals surface area contributed by atoms with Gasteiger partial charge in [0.2, 0.25) is 5.75 Å². The van der Waals surface area contributed by atoms with Crippen molar-refractivity contribution in [3.63, 3.8) is 0 Å². The molecule has 0 bridgehead atoms. The molecule has 2 aromatic rings. The molecule has 0 atom stereocenters. The standard InChI is InChI=1S/C18H18F2O5/c1-10-7-13(11(2)24-10)14(21)6-5-12-8-15(22-3)17(25-18(19)20)16(9-12)23-4/h5-9,18H,1-4H3/b6-5+.